The van der Waals surface area contributed by atoms with E-state index >= 15 is 0 Å². The van der Waals surface area contributed by atoms with Gasteiger partial charge in [-0.3, -0.25) is 14.9 Å². The lowest BCUT2D eigenvalue weighted by Crippen LogP contribution is -2.41. The van der Waals surface area contributed by atoms with Crippen molar-refractivity contribution in [2.75, 3.05) is 18.4 Å². The number of non-ortho nitro benzene ring substituents is 1. The Balaban J connectivity index is 1.69. The maximum Gasteiger partial charge on any atom is 0.270 e. The van der Waals surface area contributed by atoms with Crippen LogP contribution in [0.15, 0.2) is 47.4 Å². The number of hydrogen-bond donors (Lipinski definition) is 1. The highest BCUT2D eigenvalue weighted by Crippen LogP contribution is 2.31. The number of nitro groups is 1. The van der Waals surface area contributed by atoms with Crippen LogP contribution in [-0.4, -0.2) is 36.6 Å². The molecule has 1 N–H and O–H groups in total. The highest BCUT2D eigenvalue weighted by molar-refractivity contribution is 7.89. The SMILES string of the molecule is N#Cc1cccc(NC(=O)C2CCN(S(=O)(=O)c3cc([N+](=O)[O-])ccc3Cl)CC2)c1. The Morgan fingerprint density at radius 3 is 2.57 bits per heavy atom. The quantitative estimate of drug-likeness (QED) is 0.551. The van der Waals surface area contributed by atoms with Crippen molar-refractivity contribution in [3.05, 3.63) is 63.2 Å². The fourth-order valence-corrected chi connectivity index (χ4v) is 5.18. The molecule has 0 atom stereocenters. The number of carbonyl (C=O) groups excluding carboxylic acids is 1. The largest absolute Gasteiger partial charge is 0.326 e. The van der Waals surface area contributed by atoms with E-state index in [9.17, 15) is 23.3 Å². The van der Waals surface area contributed by atoms with E-state index in [4.69, 9.17) is 16.9 Å². The van der Waals surface area contributed by atoms with Gasteiger partial charge in [0.1, 0.15) is 4.90 Å². The monoisotopic (exact) mass is 448 g/mol. The number of nitrogens with one attached hydrogen (secondary N) is 1. The molecule has 1 heterocycles. The predicted molar refractivity (Wildman–Crippen MR) is 109 cm³/mol. The van der Waals surface area contributed by atoms with E-state index in [1.807, 2.05) is 6.07 Å². The third kappa shape index (κ3) is 4.59. The second-order valence-electron chi connectivity index (χ2n) is 6.73. The van der Waals surface area contributed by atoms with Crippen molar-refractivity contribution in [3.63, 3.8) is 0 Å². The molecule has 156 valence electrons. The van der Waals surface area contributed by atoms with Crippen LogP contribution in [0, 0.1) is 27.4 Å². The fourth-order valence-electron chi connectivity index (χ4n) is 3.21. The lowest BCUT2D eigenvalue weighted by Gasteiger charge is -2.30. The number of benzene rings is 2. The van der Waals surface area contributed by atoms with Crippen LogP contribution in [0.4, 0.5) is 11.4 Å². The smallest absolute Gasteiger partial charge is 0.270 e. The normalized spacial score (nSPS) is 15.3. The van der Waals surface area contributed by atoms with Crippen LogP contribution in [0.3, 0.4) is 0 Å². The van der Waals surface area contributed by atoms with Gasteiger partial charge in [0.25, 0.3) is 5.69 Å². The minimum atomic E-state index is -4.04. The van der Waals surface area contributed by atoms with E-state index in [-0.39, 0.29) is 47.4 Å². The second kappa shape index (κ2) is 8.79. The van der Waals surface area contributed by atoms with Crippen LogP contribution < -0.4 is 5.32 Å². The minimum Gasteiger partial charge on any atom is -0.326 e. The number of hydrogen-bond acceptors (Lipinski definition) is 6. The van der Waals surface area contributed by atoms with E-state index in [1.165, 1.54) is 10.4 Å². The first kappa shape index (κ1) is 21.7. The van der Waals surface area contributed by atoms with Gasteiger partial charge in [0, 0.05) is 36.8 Å². The summed E-state index contributed by atoms with van der Waals surface area (Å²) in [5.41, 5.74) is 0.548. The van der Waals surface area contributed by atoms with E-state index in [0.29, 0.717) is 11.3 Å². The van der Waals surface area contributed by atoms with Crippen molar-refractivity contribution >= 4 is 38.9 Å². The molecule has 3 rings (SSSR count). The van der Waals surface area contributed by atoms with Crippen LogP contribution in [0.25, 0.3) is 0 Å². The van der Waals surface area contributed by atoms with Gasteiger partial charge in [-0.05, 0) is 37.1 Å². The molecule has 0 aromatic heterocycles. The summed E-state index contributed by atoms with van der Waals surface area (Å²) < 4.78 is 27.0. The van der Waals surface area contributed by atoms with Crippen LogP contribution in [0.5, 0.6) is 0 Å². The fraction of sp³-hybridized carbons (Fsp3) is 0.263. The molecule has 0 radical (unpaired) electrons. The number of amides is 1. The Morgan fingerprint density at radius 1 is 1.23 bits per heavy atom. The van der Waals surface area contributed by atoms with Crippen molar-refractivity contribution in [1.82, 2.24) is 4.31 Å². The standard InChI is InChI=1S/C19H17ClN4O5S/c20-17-5-4-16(24(26)27)11-18(17)30(28,29)23-8-6-14(7-9-23)19(25)22-15-3-1-2-13(10-15)12-21/h1-5,10-11,14H,6-9H2,(H,22,25). The van der Waals surface area contributed by atoms with Gasteiger partial charge in [-0.25, -0.2) is 8.42 Å². The number of sulfonamides is 1. The molecule has 30 heavy (non-hydrogen) atoms. The molecule has 2 aromatic carbocycles. The van der Waals surface area contributed by atoms with E-state index in [1.54, 1.807) is 24.3 Å². The molecule has 1 saturated heterocycles. The lowest BCUT2D eigenvalue weighted by molar-refractivity contribution is -0.385. The molecule has 1 amide bonds. The Morgan fingerprint density at radius 2 is 1.93 bits per heavy atom. The first-order valence-electron chi connectivity index (χ1n) is 8.97. The summed E-state index contributed by atoms with van der Waals surface area (Å²) in [6.07, 6.45) is 0.575. The Bertz CT molecular complexity index is 1140. The van der Waals surface area contributed by atoms with Gasteiger partial charge in [-0.2, -0.15) is 9.57 Å². The Labute approximate surface area is 178 Å². The average Bonchev–Trinajstić information content (AvgIpc) is 2.74. The van der Waals surface area contributed by atoms with Gasteiger partial charge in [0.15, 0.2) is 0 Å². The zero-order chi connectivity index (χ0) is 21.9. The van der Waals surface area contributed by atoms with Gasteiger partial charge in [-0.1, -0.05) is 17.7 Å². The number of anilines is 1. The number of nitro benzene ring substituents is 1. The van der Waals surface area contributed by atoms with Crippen LogP contribution >= 0.6 is 11.6 Å². The van der Waals surface area contributed by atoms with Crippen molar-refractivity contribution < 1.29 is 18.1 Å². The van der Waals surface area contributed by atoms with Crippen LogP contribution in [0.2, 0.25) is 5.02 Å². The molecular formula is C19H17ClN4O5S. The van der Waals surface area contributed by atoms with Gasteiger partial charge in [-0.15, -0.1) is 0 Å². The first-order valence-corrected chi connectivity index (χ1v) is 10.8. The summed E-state index contributed by atoms with van der Waals surface area (Å²) in [6.45, 7) is 0.162. The molecule has 1 aliphatic rings. The van der Waals surface area contributed by atoms with Gasteiger partial charge < -0.3 is 5.32 Å². The number of piperidine rings is 1. The maximum absolute atomic E-state index is 12.9. The number of halogens is 1. The molecule has 1 fully saturated rings. The highest BCUT2D eigenvalue weighted by atomic mass is 35.5. The summed E-state index contributed by atoms with van der Waals surface area (Å²) in [5.74, 6) is -0.654. The maximum atomic E-state index is 12.9. The molecule has 0 saturated carbocycles. The highest BCUT2D eigenvalue weighted by Gasteiger charge is 2.34. The van der Waals surface area contributed by atoms with E-state index in [0.717, 1.165) is 12.1 Å². The molecule has 2 aromatic rings. The third-order valence-electron chi connectivity index (χ3n) is 4.83. The minimum absolute atomic E-state index is 0.0810. The Hall–Kier alpha value is -3.00. The molecule has 0 bridgehead atoms. The topological polar surface area (TPSA) is 133 Å². The predicted octanol–water partition coefficient (Wildman–Crippen LogP) is 3.16. The Kier molecular flexibility index (Phi) is 6.36. The van der Waals surface area contributed by atoms with Crippen molar-refractivity contribution in [3.8, 4) is 6.07 Å². The van der Waals surface area contributed by atoms with Crippen molar-refractivity contribution in [2.45, 2.75) is 17.7 Å². The summed E-state index contributed by atoms with van der Waals surface area (Å²) in [5, 5.41) is 22.6. The van der Waals surface area contributed by atoms with Gasteiger partial charge >= 0.3 is 0 Å². The third-order valence-corrected chi connectivity index (χ3v) is 7.21. The van der Waals surface area contributed by atoms with E-state index in [2.05, 4.69) is 5.32 Å². The number of carbonyl (C=O) groups is 1. The zero-order valence-corrected chi connectivity index (χ0v) is 17.2. The zero-order valence-electron chi connectivity index (χ0n) is 15.6. The van der Waals surface area contributed by atoms with E-state index < -0.39 is 20.9 Å². The summed E-state index contributed by atoms with van der Waals surface area (Å²) in [7, 11) is -4.04. The van der Waals surface area contributed by atoms with Crippen LogP contribution in [0.1, 0.15) is 18.4 Å². The van der Waals surface area contributed by atoms with Crippen molar-refractivity contribution in [2.24, 2.45) is 5.92 Å². The summed E-state index contributed by atoms with van der Waals surface area (Å²) in [4.78, 5) is 22.5. The first-order chi connectivity index (χ1) is 14.2. The molecule has 0 spiro atoms. The van der Waals surface area contributed by atoms with Crippen LogP contribution in [-0.2, 0) is 14.8 Å². The summed E-state index contributed by atoms with van der Waals surface area (Å²) in [6, 6.07) is 11.8. The molecule has 9 nitrogen and oxygen atoms in total. The molecule has 0 aliphatic carbocycles. The number of nitriles is 1. The lowest BCUT2D eigenvalue weighted by atomic mass is 9.97. The molecule has 0 unspecified atom stereocenters. The average molecular weight is 449 g/mol. The molecule has 11 heteroatoms. The second-order valence-corrected chi connectivity index (χ2v) is 9.05. The molecule has 1 aliphatic heterocycles. The van der Waals surface area contributed by atoms with Gasteiger partial charge in [0.05, 0.1) is 21.6 Å². The summed E-state index contributed by atoms with van der Waals surface area (Å²) >= 11 is 5.98. The number of nitrogens with zero attached hydrogens (tertiary/aromatic N) is 3. The van der Waals surface area contributed by atoms with Crippen molar-refractivity contribution in [1.29, 1.82) is 5.26 Å². The van der Waals surface area contributed by atoms with Gasteiger partial charge in [0.2, 0.25) is 15.9 Å². The molecular weight excluding hydrogens is 432 g/mol. The number of rotatable bonds is 5.